The summed E-state index contributed by atoms with van der Waals surface area (Å²) >= 11 is 0. The molecule has 0 fully saturated rings. The monoisotopic (exact) mass is 314 g/mol. The van der Waals surface area contributed by atoms with E-state index in [9.17, 15) is 0 Å². The van der Waals surface area contributed by atoms with Gasteiger partial charge in [-0.25, -0.2) is 0 Å². The minimum absolute atomic E-state index is 0.00233. The zero-order valence-corrected chi connectivity index (χ0v) is 14.9. The fraction of sp³-hybridized carbons (Fsp3) is 0.368. The van der Waals surface area contributed by atoms with Crippen LogP contribution in [0.1, 0.15) is 48.6 Å². The van der Waals surface area contributed by atoms with Crippen molar-refractivity contribution in [3.63, 3.8) is 0 Å². The summed E-state index contributed by atoms with van der Waals surface area (Å²) in [4.78, 5) is 0. The van der Waals surface area contributed by atoms with Crippen LogP contribution in [-0.4, -0.2) is 0 Å². The highest BCUT2D eigenvalue weighted by atomic mass is 31.1. The Bertz CT molecular complexity index is 714. The van der Waals surface area contributed by atoms with Crippen LogP contribution in [0, 0.1) is 13.8 Å². The Balaban J connectivity index is 2.20. The SMILES string of the molecule is Cc1ccc2c(c1)Cc1c(ccc(C)c1C(C)(C)C)OPO2. The fourth-order valence-corrected chi connectivity index (χ4v) is 3.92. The highest BCUT2D eigenvalue weighted by Crippen LogP contribution is 2.41. The predicted octanol–water partition coefficient (Wildman–Crippen LogP) is 5.47. The number of fused-ring (bicyclic) bond motifs is 2. The largest absolute Gasteiger partial charge is 0.440 e. The summed E-state index contributed by atoms with van der Waals surface area (Å²) in [6, 6.07) is 10.6. The number of benzene rings is 2. The van der Waals surface area contributed by atoms with Crippen molar-refractivity contribution in [2.45, 2.75) is 46.5 Å². The first-order valence-electron chi connectivity index (χ1n) is 7.67. The van der Waals surface area contributed by atoms with Crippen molar-refractivity contribution in [2.24, 2.45) is 0 Å². The van der Waals surface area contributed by atoms with Crippen LogP contribution in [0.25, 0.3) is 0 Å². The fourth-order valence-electron chi connectivity index (χ4n) is 3.31. The average molecular weight is 314 g/mol. The summed E-state index contributed by atoms with van der Waals surface area (Å²) in [6.45, 7) is 11.1. The van der Waals surface area contributed by atoms with Crippen molar-refractivity contribution in [1.82, 2.24) is 0 Å². The smallest absolute Gasteiger partial charge is 0.275 e. The molecule has 0 amide bonds. The lowest BCUT2D eigenvalue weighted by molar-refractivity contribution is 0.495. The van der Waals surface area contributed by atoms with E-state index in [1.54, 1.807) is 0 Å². The molecule has 116 valence electrons. The summed E-state index contributed by atoms with van der Waals surface area (Å²) < 4.78 is 11.7. The number of aryl methyl sites for hydroxylation is 2. The lowest BCUT2D eigenvalue weighted by Crippen LogP contribution is -2.18. The van der Waals surface area contributed by atoms with Gasteiger partial charge in [0.1, 0.15) is 11.5 Å². The maximum absolute atomic E-state index is 5.91. The molecule has 1 aliphatic rings. The van der Waals surface area contributed by atoms with Crippen molar-refractivity contribution in [1.29, 1.82) is 0 Å². The van der Waals surface area contributed by atoms with Crippen molar-refractivity contribution < 1.29 is 9.05 Å². The van der Waals surface area contributed by atoms with Gasteiger partial charge in [0.25, 0.3) is 9.03 Å². The maximum atomic E-state index is 5.91. The first-order chi connectivity index (χ1) is 10.4. The van der Waals surface area contributed by atoms with Crippen LogP contribution in [0.15, 0.2) is 30.3 Å². The standard InChI is InChI=1S/C19H23O2P/c1-12-6-8-16-14(10-12)11-15-17(21-22-20-16)9-7-13(2)18(15)19(3,4)5/h6-10,22H,11H2,1-5H3. The van der Waals surface area contributed by atoms with Gasteiger partial charge < -0.3 is 9.05 Å². The Hall–Kier alpha value is -1.53. The van der Waals surface area contributed by atoms with Crippen molar-refractivity contribution in [3.05, 3.63) is 58.1 Å². The molecular formula is C19H23O2P. The van der Waals surface area contributed by atoms with Crippen molar-refractivity contribution >= 4 is 9.03 Å². The van der Waals surface area contributed by atoms with Crippen LogP contribution in [0.2, 0.25) is 0 Å². The van der Waals surface area contributed by atoms with E-state index in [-0.39, 0.29) is 14.4 Å². The molecule has 1 heterocycles. The molecule has 2 aromatic rings. The van der Waals surface area contributed by atoms with E-state index < -0.39 is 0 Å². The normalized spacial score (nSPS) is 15.1. The van der Waals surface area contributed by atoms with Gasteiger partial charge in [0.15, 0.2) is 0 Å². The van der Waals surface area contributed by atoms with Crippen LogP contribution in [0.3, 0.4) is 0 Å². The van der Waals surface area contributed by atoms with Gasteiger partial charge in [-0.3, -0.25) is 0 Å². The molecule has 1 unspecified atom stereocenters. The molecule has 0 aliphatic carbocycles. The second-order valence-corrected chi connectivity index (χ2v) is 7.63. The summed E-state index contributed by atoms with van der Waals surface area (Å²) in [5.41, 5.74) is 6.62. The van der Waals surface area contributed by atoms with Gasteiger partial charge in [-0.15, -0.1) is 0 Å². The third-order valence-electron chi connectivity index (χ3n) is 4.11. The Labute approximate surface area is 134 Å². The molecule has 22 heavy (non-hydrogen) atoms. The molecule has 0 spiro atoms. The molecule has 0 saturated carbocycles. The molecule has 2 nitrogen and oxygen atoms in total. The Morgan fingerprint density at radius 1 is 0.955 bits per heavy atom. The molecule has 0 radical (unpaired) electrons. The summed E-state index contributed by atoms with van der Waals surface area (Å²) in [7, 11) is -0.00233. The van der Waals surface area contributed by atoms with Gasteiger partial charge in [0.2, 0.25) is 0 Å². The first kappa shape index (κ1) is 15.4. The minimum Gasteiger partial charge on any atom is -0.440 e. The van der Waals surface area contributed by atoms with E-state index in [4.69, 9.17) is 9.05 Å². The predicted molar refractivity (Wildman–Crippen MR) is 93.4 cm³/mol. The van der Waals surface area contributed by atoms with E-state index in [0.717, 1.165) is 17.9 Å². The zero-order valence-electron chi connectivity index (χ0n) is 13.9. The van der Waals surface area contributed by atoms with E-state index in [1.165, 1.54) is 27.8 Å². The molecule has 0 saturated heterocycles. The molecule has 3 heteroatoms. The molecular weight excluding hydrogens is 291 g/mol. The maximum Gasteiger partial charge on any atom is 0.275 e. The molecule has 0 aromatic heterocycles. The van der Waals surface area contributed by atoms with Crippen molar-refractivity contribution in [3.8, 4) is 11.5 Å². The zero-order chi connectivity index (χ0) is 15.9. The lowest BCUT2D eigenvalue weighted by atomic mass is 9.79. The number of rotatable bonds is 0. The molecule has 2 aromatic carbocycles. The lowest BCUT2D eigenvalue weighted by Gasteiger charge is -2.28. The third kappa shape index (κ3) is 2.85. The Morgan fingerprint density at radius 3 is 2.36 bits per heavy atom. The van der Waals surface area contributed by atoms with Gasteiger partial charge in [0.05, 0.1) is 0 Å². The molecule has 3 rings (SSSR count). The Kier molecular flexibility index (Phi) is 3.91. The highest BCUT2D eigenvalue weighted by Gasteiger charge is 2.25. The minimum atomic E-state index is -0.00233. The quantitative estimate of drug-likeness (QED) is 0.600. The average Bonchev–Trinajstić information content (AvgIpc) is 2.39. The summed E-state index contributed by atoms with van der Waals surface area (Å²) in [5.74, 6) is 1.90. The third-order valence-corrected chi connectivity index (χ3v) is 4.72. The first-order valence-corrected chi connectivity index (χ1v) is 8.49. The molecule has 1 atom stereocenters. The second kappa shape index (κ2) is 5.59. The van der Waals surface area contributed by atoms with E-state index in [2.05, 4.69) is 65.0 Å². The van der Waals surface area contributed by atoms with E-state index >= 15 is 0 Å². The van der Waals surface area contributed by atoms with Crippen LogP contribution in [0.4, 0.5) is 0 Å². The van der Waals surface area contributed by atoms with E-state index in [0.29, 0.717) is 0 Å². The van der Waals surface area contributed by atoms with Crippen LogP contribution in [-0.2, 0) is 11.8 Å². The van der Waals surface area contributed by atoms with Crippen LogP contribution >= 0.6 is 9.03 Å². The van der Waals surface area contributed by atoms with Crippen LogP contribution in [0.5, 0.6) is 11.5 Å². The van der Waals surface area contributed by atoms with Crippen molar-refractivity contribution in [2.75, 3.05) is 0 Å². The molecule has 1 aliphatic heterocycles. The molecule has 0 bridgehead atoms. The van der Waals surface area contributed by atoms with Gasteiger partial charge in [-0.1, -0.05) is 44.5 Å². The highest BCUT2D eigenvalue weighted by molar-refractivity contribution is 7.27. The topological polar surface area (TPSA) is 18.5 Å². The van der Waals surface area contributed by atoms with E-state index in [1.807, 2.05) is 0 Å². The summed E-state index contributed by atoms with van der Waals surface area (Å²) in [5, 5.41) is 0. The number of hydrogen-bond acceptors (Lipinski definition) is 2. The second-order valence-electron chi connectivity index (χ2n) is 7.06. The summed E-state index contributed by atoms with van der Waals surface area (Å²) in [6.07, 6.45) is 0.852. The van der Waals surface area contributed by atoms with Gasteiger partial charge in [0, 0.05) is 12.0 Å². The van der Waals surface area contributed by atoms with Gasteiger partial charge in [-0.05, 0) is 48.1 Å². The molecule has 0 N–H and O–H groups in total. The van der Waals surface area contributed by atoms with Gasteiger partial charge in [-0.2, -0.15) is 0 Å². The Morgan fingerprint density at radius 2 is 1.64 bits per heavy atom. The van der Waals surface area contributed by atoms with Gasteiger partial charge >= 0.3 is 0 Å². The van der Waals surface area contributed by atoms with Crippen LogP contribution < -0.4 is 9.05 Å². The number of hydrogen-bond donors (Lipinski definition) is 0.